The molecule has 2 aliphatic rings. The molecule has 14 heteroatoms. The van der Waals surface area contributed by atoms with Crippen LogP contribution in [0.4, 0.5) is 19.7 Å². The number of pyridine rings is 1. The maximum absolute atomic E-state index is 15.4. The number of hydrogen-bond donors (Lipinski definition) is 1. The van der Waals surface area contributed by atoms with Crippen LogP contribution >= 0.6 is 0 Å². The van der Waals surface area contributed by atoms with Gasteiger partial charge in [0.25, 0.3) is 0 Å². The largest absolute Gasteiger partial charge is 0.444 e. The normalized spacial score (nSPS) is 20.3. The Hall–Kier alpha value is -4.38. The van der Waals surface area contributed by atoms with E-state index >= 15 is 4.39 Å². The smallest absolute Gasteiger partial charge is 0.413 e. The highest BCUT2D eigenvalue weighted by molar-refractivity contribution is 7.93. The number of nitrogens with one attached hydrogen (secondary N) is 1. The predicted molar refractivity (Wildman–Crippen MR) is 163 cm³/mol. The molecular weight excluding hydrogens is 605 g/mol. The minimum atomic E-state index is -4.21. The summed E-state index contributed by atoms with van der Waals surface area (Å²) in [6.45, 7) is 17.7. The first-order valence-electron chi connectivity index (χ1n) is 14.1. The van der Waals surface area contributed by atoms with Crippen molar-refractivity contribution >= 4 is 39.3 Å². The fourth-order valence-electron chi connectivity index (χ4n) is 5.08. The molecule has 12 nitrogen and oxygen atoms in total. The van der Waals surface area contributed by atoms with Crippen molar-refractivity contribution < 1.29 is 36.7 Å². The highest BCUT2D eigenvalue weighted by Crippen LogP contribution is 2.43. The molecule has 1 N–H and O–H groups in total. The van der Waals surface area contributed by atoms with Crippen LogP contribution in [0.1, 0.15) is 70.1 Å². The van der Waals surface area contributed by atoms with Gasteiger partial charge in [0.1, 0.15) is 34.1 Å². The van der Waals surface area contributed by atoms with Crippen molar-refractivity contribution in [1.29, 1.82) is 0 Å². The van der Waals surface area contributed by atoms with Crippen molar-refractivity contribution in [3.05, 3.63) is 70.6 Å². The number of halogens is 1. The number of aliphatic imine (C=N–C) groups is 1. The molecule has 45 heavy (non-hydrogen) atoms. The predicted octanol–water partition coefficient (Wildman–Crippen LogP) is 4.75. The van der Waals surface area contributed by atoms with E-state index in [2.05, 4.69) is 20.1 Å². The highest BCUT2D eigenvalue weighted by atomic mass is 32.2. The Balaban J connectivity index is 1.72. The Morgan fingerprint density at radius 1 is 1.07 bits per heavy atom. The van der Waals surface area contributed by atoms with Gasteiger partial charge in [-0.15, -0.1) is 0 Å². The lowest BCUT2D eigenvalue weighted by atomic mass is 9.89. The van der Waals surface area contributed by atoms with Crippen LogP contribution in [-0.4, -0.2) is 76.9 Å². The average Bonchev–Trinajstić information content (AvgIpc) is 2.85. The summed E-state index contributed by atoms with van der Waals surface area (Å²) in [5.41, 5.74) is -2.81. The van der Waals surface area contributed by atoms with Gasteiger partial charge < -0.3 is 14.4 Å². The van der Waals surface area contributed by atoms with Gasteiger partial charge in [-0.1, -0.05) is 12.1 Å². The summed E-state index contributed by atoms with van der Waals surface area (Å²) in [6.07, 6.45) is -0.595. The molecule has 2 aliphatic heterocycles. The van der Waals surface area contributed by atoms with E-state index in [0.717, 1.165) is 6.07 Å². The maximum Gasteiger partial charge on any atom is 0.413 e. The molecule has 0 bridgehead atoms. The summed E-state index contributed by atoms with van der Waals surface area (Å²) >= 11 is 0. The molecule has 1 aromatic heterocycles. The second-order valence-corrected chi connectivity index (χ2v) is 15.7. The van der Waals surface area contributed by atoms with Gasteiger partial charge in [0.15, 0.2) is 20.4 Å². The van der Waals surface area contributed by atoms with Crippen LogP contribution in [0.25, 0.3) is 4.85 Å². The molecule has 4 rings (SSSR count). The molecule has 1 atom stereocenters. The molecule has 0 unspecified atom stereocenters. The van der Waals surface area contributed by atoms with Crippen molar-refractivity contribution in [2.24, 2.45) is 4.99 Å². The minimum absolute atomic E-state index is 0.102. The number of amidine groups is 1. The van der Waals surface area contributed by atoms with Gasteiger partial charge in [0, 0.05) is 18.2 Å². The van der Waals surface area contributed by atoms with Gasteiger partial charge in [-0.05, 0) is 72.2 Å². The summed E-state index contributed by atoms with van der Waals surface area (Å²) in [5, 5.41) is 2.48. The Labute approximate surface area is 261 Å². The number of aromatic nitrogens is 1. The Bertz CT molecular complexity index is 1710. The van der Waals surface area contributed by atoms with E-state index < -0.39 is 60.9 Å². The molecular formula is C31H36FN5O7S. The molecule has 2 amide bonds. The standard InChI is InChI=1S/C31H36FN5O7S/c1-28(2,3)43-26(39)35-25-31(16-37(17-31)27(40)44-29(4,5)6)45(41,42)18-30(7,36-25)21-13-19(9-11-22(21)32)14-24(38)23-12-10-20(33-8)15-34-23/h9-13,15H,14,16-18H2,1-7H3,(H,35,36,39)/t30-/m0/s1. The molecule has 0 aliphatic carbocycles. The molecule has 2 aromatic rings. The Morgan fingerprint density at radius 3 is 2.27 bits per heavy atom. The van der Waals surface area contributed by atoms with Crippen LogP contribution in [0.15, 0.2) is 41.5 Å². The number of sulfone groups is 1. The van der Waals surface area contributed by atoms with Crippen LogP contribution in [-0.2, 0) is 31.3 Å². The third-order valence-corrected chi connectivity index (χ3v) is 9.74. The average molecular weight is 642 g/mol. The van der Waals surface area contributed by atoms with Crippen molar-refractivity contribution in [2.45, 2.75) is 76.4 Å². The molecule has 0 radical (unpaired) electrons. The van der Waals surface area contributed by atoms with Gasteiger partial charge >= 0.3 is 12.2 Å². The quantitative estimate of drug-likeness (QED) is 0.371. The number of rotatable bonds is 4. The van der Waals surface area contributed by atoms with Gasteiger partial charge in [-0.2, -0.15) is 0 Å². The number of hydrogen-bond acceptors (Lipinski definition) is 9. The van der Waals surface area contributed by atoms with Crippen molar-refractivity contribution in [3.63, 3.8) is 0 Å². The summed E-state index contributed by atoms with van der Waals surface area (Å²) < 4.78 is 52.5. The molecule has 0 saturated carbocycles. The zero-order valence-electron chi connectivity index (χ0n) is 26.2. The van der Waals surface area contributed by atoms with Crippen molar-refractivity contribution in [3.8, 4) is 0 Å². The van der Waals surface area contributed by atoms with Crippen molar-refractivity contribution in [1.82, 2.24) is 15.2 Å². The lowest BCUT2D eigenvalue weighted by molar-refractivity contribution is 0.00926. The minimum Gasteiger partial charge on any atom is -0.444 e. The number of alkyl carbamates (subject to hydrolysis) is 1. The van der Waals surface area contributed by atoms with Crippen LogP contribution in [0.2, 0.25) is 0 Å². The Kier molecular flexibility index (Phi) is 8.58. The lowest BCUT2D eigenvalue weighted by Crippen LogP contribution is -2.76. The van der Waals surface area contributed by atoms with Gasteiger partial charge in [-0.25, -0.2) is 27.2 Å². The highest BCUT2D eigenvalue weighted by Gasteiger charge is 2.64. The molecule has 1 spiro atoms. The fraction of sp³-hybridized carbons (Fsp3) is 0.484. The van der Waals surface area contributed by atoms with Crippen LogP contribution in [0.5, 0.6) is 0 Å². The number of carbonyl (C=O) groups is 3. The summed E-state index contributed by atoms with van der Waals surface area (Å²) in [4.78, 5) is 51.6. The molecule has 1 saturated heterocycles. The molecule has 1 aromatic carbocycles. The van der Waals surface area contributed by atoms with E-state index in [0.29, 0.717) is 5.56 Å². The monoisotopic (exact) mass is 641 g/mol. The number of likely N-dealkylation sites (tertiary alicyclic amines) is 1. The molecule has 240 valence electrons. The van der Waals surface area contributed by atoms with E-state index in [-0.39, 0.29) is 42.3 Å². The second-order valence-electron chi connectivity index (χ2n) is 13.4. The Morgan fingerprint density at radius 2 is 1.71 bits per heavy atom. The van der Waals surface area contributed by atoms with Gasteiger partial charge in [0.2, 0.25) is 5.69 Å². The second kappa shape index (κ2) is 11.5. The summed E-state index contributed by atoms with van der Waals surface area (Å²) in [7, 11) is -4.21. The number of ketones is 1. The van der Waals surface area contributed by atoms with Crippen LogP contribution in [0, 0.1) is 12.4 Å². The lowest BCUT2D eigenvalue weighted by Gasteiger charge is -2.52. The molecule has 3 heterocycles. The SMILES string of the molecule is [C-]#[N+]c1ccc(C(=O)Cc2ccc(F)c([C@]3(C)CS(=O)(=O)C4(CN(C(=O)OC(C)(C)C)C4)C(NC(=O)OC(C)(C)C)=N3)c2)nc1. The van der Waals surface area contributed by atoms with Gasteiger partial charge in [0.05, 0.1) is 25.4 Å². The number of benzene rings is 1. The number of amides is 2. The van der Waals surface area contributed by atoms with E-state index in [1.54, 1.807) is 41.5 Å². The first-order chi connectivity index (χ1) is 20.7. The number of Topliss-reactive ketones (excluding diaryl/α,β-unsaturated/α-hetero) is 1. The van der Waals surface area contributed by atoms with E-state index in [9.17, 15) is 22.8 Å². The van der Waals surface area contributed by atoms with Crippen molar-refractivity contribution in [2.75, 3.05) is 18.8 Å². The number of carbonyl (C=O) groups excluding carboxylic acids is 3. The van der Waals surface area contributed by atoms with Crippen LogP contribution in [0.3, 0.4) is 0 Å². The fourth-order valence-corrected chi connectivity index (χ4v) is 7.41. The summed E-state index contributed by atoms with van der Waals surface area (Å²) in [6, 6.07) is 6.79. The zero-order chi connectivity index (χ0) is 33.6. The van der Waals surface area contributed by atoms with E-state index in [1.165, 1.54) is 42.3 Å². The van der Waals surface area contributed by atoms with E-state index in [4.69, 9.17) is 16.0 Å². The van der Waals surface area contributed by atoms with E-state index in [1.807, 2.05) is 0 Å². The third-order valence-electron chi connectivity index (χ3n) is 7.16. The zero-order valence-corrected chi connectivity index (χ0v) is 27.0. The number of nitrogens with zero attached hydrogens (tertiary/aromatic N) is 4. The maximum atomic E-state index is 15.4. The summed E-state index contributed by atoms with van der Waals surface area (Å²) in [5.74, 6) is -2.08. The first kappa shape index (κ1) is 33.5. The molecule has 1 fully saturated rings. The number of ether oxygens (including phenoxy) is 2. The first-order valence-corrected chi connectivity index (χ1v) is 15.8. The third kappa shape index (κ3) is 7.14. The topological polar surface area (TPSA) is 149 Å². The van der Waals surface area contributed by atoms with Gasteiger partial charge in [-0.3, -0.25) is 20.1 Å². The van der Waals surface area contributed by atoms with Crippen LogP contribution < -0.4 is 5.32 Å².